The topological polar surface area (TPSA) is 110 Å². The van der Waals surface area contributed by atoms with Gasteiger partial charge in [-0.05, 0) is 19.9 Å². The van der Waals surface area contributed by atoms with Gasteiger partial charge in [-0.2, -0.15) is 22.7 Å². The number of nitrogens with zero attached hydrogens (tertiary/aromatic N) is 5. The molecule has 0 unspecified atom stereocenters. The second-order valence-electron chi connectivity index (χ2n) is 7.34. The summed E-state index contributed by atoms with van der Waals surface area (Å²) in [7, 11) is -3.91. The number of benzene rings is 1. The zero-order valence-electron chi connectivity index (χ0n) is 17.1. The molecule has 3 aromatic rings. The Bertz CT molecular complexity index is 1230. The van der Waals surface area contributed by atoms with Crippen molar-refractivity contribution in [2.45, 2.75) is 44.3 Å². The van der Waals surface area contributed by atoms with E-state index in [9.17, 15) is 22.7 Å². The van der Waals surface area contributed by atoms with Gasteiger partial charge in [-0.1, -0.05) is 18.2 Å². The minimum absolute atomic E-state index is 0.0725. The van der Waals surface area contributed by atoms with E-state index < -0.39 is 34.3 Å². The van der Waals surface area contributed by atoms with Gasteiger partial charge in [-0.25, -0.2) is 4.39 Å². The Morgan fingerprint density at radius 1 is 1.29 bits per heavy atom. The molecule has 0 bridgehead atoms. The van der Waals surface area contributed by atoms with E-state index in [1.807, 2.05) is 6.92 Å². The first-order valence-electron chi connectivity index (χ1n) is 9.77. The Kier molecular flexibility index (Phi) is 5.40. The maximum Gasteiger partial charge on any atom is 0.286 e. The van der Waals surface area contributed by atoms with Gasteiger partial charge in [0.1, 0.15) is 10.7 Å². The number of aryl methyl sites for hydroxylation is 1. The van der Waals surface area contributed by atoms with Gasteiger partial charge in [0, 0.05) is 30.4 Å². The lowest BCUT2D eigenvalue weighted by atomic mass is 9.98. The van der Waals surface area contributed by atoms with Crippen LogP contribution in [-0.4, -0.2) is 49.9 Å². The Hall–Kier alpha value is -3.05. The number of hydrogen-bond acceptors (Lipinski definition) is 6. The van der Waals surface area contributed by atoms with Crippen molar-refractivity contribution in [2.75, 3.05) is 6.61 Å². The lowest BCUT2D eigenvalue weighted by molar-refractivity contribution is -0.134. The van der Waals surface area contributed by atoms with Gasteiger partial charge >= 0.3 is 0 Å². The maximum atomic E-state index is 14.1. The highest BCUT2D eigenvalue weighted by atomic mass is 32.2. The van der Waals surface area contributed by atoms with Gasteiger partial charge in [0.05, 0.1) is 36.7 Å². The normalized spacial score (nSPS) is 14.6. The van der Waals surface area contributed by atoms with E-state index in [0.29, 0.717) is 23.5 Å². The number of rotatable bonds is 6. The first kappa shape index (κ1) is 21.2. The molecule has 1 N–H and O–H groups in total. The summed E-state index contributed by atoms with van der Waals surface area (Å²) < 4.78 is 42.6. The summed E-state index contributed by atoms with van der Waals surface area (Å²) >= 11 is 0. The molecule has 1 aliphatic rings. The van der Waals surface area contributed by atoms with Crippen LogP contribution in [0.15, 0.2) is 41.6 Å². The molecule has 0 saturated carbocycles. The highest BCUT2D eigenvalue weighted by Gasteiger charge is 2.34. The summed E-state index contributed by atoms with van der Waals surface area (Å²) in [5, 5.41) is 18.0. The van der Waals surface area contributed by atoms with Crippen LogP contribution in [0.25, 0.3) is 0 Å². The van der Waals surface area contributed by atoms with Crippen LogP contribution in [0.5, 0.6) is 0 Å². The summed E-state index contributed by atoms with van der Waals surface area (Å²) in [5.41, 5.74) is 1.67. The van der Waals surface area contributed by atoms with Gasteiger partial charge < -0.3 is 10.0 Å². The van der Waals surface area contributed by atoms with E-state index in [0.717, 1.165) is 4.09 Å². The second kappa shape index (κ2) is 7.89. The summed E-state index contributed by atoms with van der Waals surface area (Å²) in [4.78, 5) is 14.4. The Labute approximate surface area is 178 Å². The lowest BCUT2D eigenvalue weighted by Gasteiger charge is -2.22. The SMILES string of the molecule is CCn1ncc(S(=O)(=O)n2cc3c(n2)CN(C(=O)[C@H](CO)c2ccccc2F)C3)c1C. The largest absolute Gasteiger partial charge is 0.395 e. The summed E-state index contributed by atoms with van der Waals surface area (Å²) in [6, 6.07) is 5.82. The number of aliphatic hydroxyl groups is 1. The summed E-state index contributed by atoms with van der Waals surface area (Å²) in [6.45, 7) is 3.76. The van der Waals surface area contributed by atoms with Gasteiger partial charge in [-0.3, -0.25) is 9.48 Å². The predicted molar refractivity (Wildman–Crippen MR) is 108 cm³/mol. The number of carbonyl (C=O) groups excluding carboxylic acids is 1. The Morgan fingerprint density at radius 3 is 2.65 bits per heavy atom. The van der Waals surface area contributed by atoms with Crippen molar-refractivity contribution in [1.82, 2.24) is 23.9 Å². The van der Waals surface area contributed by atoms with Crippen molar-refractivity contribution in [1.29, 1.82) is 0 Å². The van der Waals surface area contributed by atoms with Gasteiger partial charge in [-0.15, -0.1) is 0 Å². The molecular weight excluding hydrogens is 425 g/mol. The van der Waals surface area contributed by atoms with Crippen LogP contribution in [0.2, 0.25) is 0 Å². The van der Waals surface area contributed by atoms with E-state index in [4.69, 9.17) is 0 Å². The van der Waals surface area contributed by atoms with Gasteiger partial charge in [0.15, 0.2) is 0 Å². The molecule has 0 aliphatic carbocycles. The van der Waals surface area contributed by atoms with Crippen molar-refractivity contribution in [3.05, 3.63) is 65.0 Å². The second-order valence-corrected chi connectivity index (χ2v) is 9.10. The molecule has 9 nitrogen and oxygen atoms in total. The average Bonchev–Trinajstić information content (AvgIpc) is 3.42. The zero-order chi connectivity index (χ0) is 22.3. The van der Waals surface area contributed by atoms with E-state index in [1.165, 1.54) is 35.5 Å². The number of aromatic nitrogens is 4. The third kappa shape index (κ3) is 3.53. The van der Waals surface area contributed by atoms with Gasteiger partial charge in [0.2, 0.25) is 5.91 Å². The molecule has 31 heavy (non-hydrogen) atoms. The molecular formula is C20H22FN5O4S. The van der Waals surface area contributed by atoms with Crippen molar-refractivity contribution in [3.63, 3.8) is 0 Å². The minimum atomic E-state index is -3.91. The monoisotopic (exact) mass is 447 g/mol. The molecule has 0 fully saturated rings. The van der Waals surface area contributed by atoms with Crippen LogP contribution >= 0.6 is 0 Å². The number of halogens is 1. The van der Waals surface area contributed by atoms with Crippen molar-refractivity contribution in [2.24, 2.45) is 0 Å². The number of carbonyl (C=O) groups is 1. The third-order valence-corrected chi connectivity index (χ3v) is 7.15. The molecule has 164 valence electrons. The first-order chi connectivity index (χ1) is 14.8. The van der Waals surface area contributed by atoms with Crippen LogP contribution in [0.4, 0.5) is 4.39 Å². The number of amides is 1. The highest BCUT2D eigenvalue weighted by molar-refractivity contribution is 7.89. The number of hydrogen-bond donors (Lipinski definition) is 1. The standard InChI is InChI=1S/C20H22FN5O4S/c1-3-25-13(2)19(8-22-25)31(29,30)26-10-14-9-24(11-18(14)23-26)20(28)16(12-27)15-6-4-5-7-17(15)21/h4-8,10,16,27H,3,9,11-12H2,1-2H3/t16-/m1/s1. The zero-order valence-corrected chi connectivity index (χ0v) is 17.9. The van der Waals surface area contributed by atoms with Crippen molar-refractivity contribution in [3.8, 4) is 0 Å². The van der Waals surface area contributed by atoms with Gasteiger partial charge in [0.25, 0.3) is 10.0 Å². The fourth-order valence-electron chi connectivity index (χ4n) is 3.80. The van der Waals surface area contributed by atoms with Crippen LogP contribution < -0.4 is 0 Å². The molecule has 11 heteroatoms. The maximum absolute atomic E-state index is 14.1. The van der Waals surface area contributed by atoms with Crippen molar-refractivity contribution >= 4 is 15.9 Å². The molecule has 0 saturated heterocycles. The van der Waals surface area contributed by atoms with E-state index in [1.54, 1.807) is 17.7 Å². The highest BCUT2D eigenvalue weighted by Crippen LogP contribution is 2.29. The first-order valence-corrected chi connectivity index (χ1v) is 11.2. The lowest BCUT2D eigenvalue weighted by Crippen LogP contribution is -2.33. The molecule has 1 atom stereocenters. The molecule has 0 spiro atoms. The van der Waals surface area contributed by atoms with E-state index in [-0.39, 0.29) is 23.5 Å². The molecule has 2 aromatic heterocycles. The molecule has 1 aliphatic heterocycles. The fourth-order valence-corrected chi connectivity index (χ4v) is 5.13. The molecule has 1 aromatic carbocycles. The molecule has 4 rings (SSSR count). The summed E-state index contributed by atoms with van der Waals surface area (Å²) in [6.07, 6.45) is 2.69. The molecule has 1 amide bonds. The quantitative estimate of drug-likeness (QED) is 0.612. The van der Waals surface area contributed by atoms with E-state index in [2.05, 4.69) is 10.2 Å². The molecule has 3 heterocycles. The predicted octanol–water partition coefficient (Wildman–Crippen LogP) is 1.40. The molecule has 0 radical (unpaired) electrons. The van der Waals surface area contributed by atoms with Crippen LogP contribution in [-0.2, 0) is 34.5 Å². The number of aliphatic hydroxyl groups excluding tert-OH is 1. The third-order valence-electron chi connectivity index (χ3n) is 5.51. The fraction of sp³-hybridized carbons (Fsp3) is 0.350. The smallest absolute Gasteiger partial charge is 0.286 e. The van der Waals surface area contributed by atoms with Crippen LogP contribution in [0, 0.1) is 12.7 Å². The number of fused-ring (bicyclic) bond motifs is 1. The van der Waals surface area contributed by atoms with Crippen LogP contribution in [0.3, 0.4) is 0 Å². The summed E-state index contributed by atoms with van der Waals surface area (Å²) in [5.74, 6) is -2.05. The minimum Gasteiger partial charge on any atom is -0.395 e. The van der Waals surface area contributed by atoms with Crippen molar-refractivity contribution < 1.29 is 22.7 Å². The Balaban J connectivity index is 1.56. The Morgan fingerprint density at radius 2 is 2.03 bits per heavy atom. The van der Waals surface area contributed by atoms with E-state index >= 15 is 0 Å². The average molecular weight is 447 g/mol. The van der Waals surface area contributed by atoms with Crippen LogP contribution in [0.1, 0.15) is 35.4 Å².